The van der Waals surface area contributed by atoms with Gasteiger partial charge >= 0.3 is 0 Å². The Morgan fingerprint density at radius 3 is 2.12 bits per heavy atom. The van der Waals surface area contributed by atoms with Crippen molar-refractivity contribution in [1.82, 2.24) is 4.68 Å². The van der Waals surface area contributed by atoms with Gasteiger partial charge < -0.3 is 5.84 Å². The minimum atomic E-state index is -0.394. The van der Waals surface area contributed by atoms with E-state index in [4.69, 9.17) is 5.84 Å². The molecule has 2 N–H and O–H groups in total. The zero-order valence-electron chi connectivity index (χ0n) is 11.8. The van der Waals surface area contributed by atoms with Crippen molar-refractivity contribution < 1.29 is 4.79 Å². The van der Waals surface area contributed by atoms with E-state index in [1.807, 2.05) is 32.9 Å². The van der Waals surface area contributed by atoms with Gasteiger partial charge in [-0.1, -0.05) is 41.5 Å². The third-order valence-electron chi connectivity index (χ3n) is 2.63. The van der Waals surface area contributed by atoms with Crippen LogP contribution >= 0.6 is 0 Å². The van der Waals surface area contributed by atoms with Gasteiger partial charge in [0, 0.05) is 11.1 Å². The molecule has 0 fully saturated rings. The molecule has 96 valence electrons. The second-order valence-corrected chi connectivity index (χ2v) is 6.90. The predicted molar refractivity (Wildman–Crippen MR) is 71.5 cm³/mol. The molecule has 0 unspecified atom stereocenters. The number of hydrogen-bond acceptors (Lipinski definition) is 2. The molecule has 1 aromatic rings. The highest BCUT2D eigenvalue weighted by Crippen LogP contribution is 2.24. The van der Waals surface area contributed by atoms with Gasteiger partial charge in [0.1, 0.15) is 5.69 Å². The Bertz CT molecular complexity index is 416. The number of rotatable bonds is 2. The van der Waals surface area contributed by atoms with E-state index in [1.54, 1.807) is 4.68 Å². The van der Waals surface area contributed by atoms with E-state index >= 15 is 0 Å². The summed E-state index contributed by atoms with van der Waals surface area (Å²) in [6.45, 7) is 12.2. The Hall–Kier alpha value is -1.25. The van der Waals surface area contributed by atoms with E-state index < -0.39 is 5.41 Å². The summed E-state index contributed by atoms with van der Waals surface area (Å²) in [7, 11) is 0. The van der Waals surface area contributed by atoms with Crippen molar-refractivity contribution in [3.05, 3.63) is 23.5 Å². The fraction of sp³-hybridized carbons (Fsp3) is 0.643. The molecule has 1 aromatic heterocycles. The van der Waals surface area contributed by atoms with Crippen LogP contribution in [0.15, 0.2) is 12.1 Å². The van der Waals surface area contributed by atoms with Crippen molar-refractivity contribution in [3.63, 3.8) is 0 Å². The summed E-state index contributed by atoms with van der Waals surface area (Å²) in [5.41, 5.74) is 1.37. The molecule has 0 aliphatic heterocycles. The zero-order valence-corrected chi connectivity index (χ0v) is 11.8. The number of ketones is 1. The summed E-state index contributed by atoms with van der Waals surface area (Å²) < 4.78 is 1.54. The average molecular weight is 236 g/mol. The van der Waals surface area contributed by atoms with Gasteiger partial charge in [-0.2, -0.15) is 0 Å². The van der Waals surface area contributed by atoms with Crippen LogP contribution in [0.2, 0.25) is 0 Å². The monoisotopic (exact) mass is 236 g/mol. The fourth-order valence-corrected chi connectivity index (χ4v) is 1.75. The maximum absolute atomic E-state index is 12.2. The predicted octanol–water partition coefficient (Wildman–Crippen LogP) is 3.02. The molecule has 0 amide bonds. The van der Waals surface area contributed by atoms with E-state index in [0.29, 0.717) is 5.69 Å². The minimum Gasteiger partial charge on any atom is -0.339 e. The summed E-state index contributed by atoms with van der Waals surface area (Å²) in [4.78, 5) is 12.2. The highest BCUT2D eigenvalue weighted by Gasteiger charge is 2.26. The fourth-order valence-electron chi connectivity index (χ4n) is 1.75. The SMILES string of the molecule is CC(C)(C)Cc1ccc(C(=O)C(C)(C)C)n1N. The quantitative estimate of drug-likeness (QED) is 0.634. The minimum absolute atomic E-state index is 0.0835. The smallest absolute Gasteiger partial charge is 0.186 e. The van der Waals surface area contributed by atoms with Crippen molar-refractivity contribution in [1.29, 1.82) is 0 Å². The number of carbonyl (C=O) groups is 1. The van der Waals surface area contributed by atoms with Crippen molar-refractivity contribution in [2.24, 2.45) is 10.8 Å². The Labute approximate surface area is 104 Å². The van der Waals surface area contributed by atoms with Crippen LogP contribution in [0.1, 0.15) is 57.7 Å². The molecule has 0 saturated heterocycles. The Morgan fingerprint density at radius 2 is 1.71 bits per heavy atom. The lowest BCUT2D eigenvalue weighted by Crippen LogP contribution is -2.27. The topological polar surface area (TPSA) is 48.0 Å². The first-order valence-electron chi connectivity index (χ1n) is 6.03. The molecule has 0 bridgehead atoms. The number of aromatic nitrogens is 1. The number of hydrogen-bond donors (Lipinski definition) is 1. The third-order valence-corrected chi connectivity index (χ3v) is 2.63. The molecule has 17 heavy (non-hydrogen) atoms. The third kappa shape index (κ3) is 3.35. The molecule has 0 aromatic carbocycles. The second-order valence-electron chi connectivity index (χ2n) is 6.90. The number of nitrogens with zero attached hydrogens (tertiary/aromatic N) is 1. The molecule has 1 heterocycles. The molecule has 3 nitrogen and oxygen atoms in total. The van der Waals surface area contributed by atoms with Gasteiger partial charge in [-0.05, 0) is 24.0 Å². The molecule has 0 radical (unpaired) electrons. The van der Waals surface area contributed by atoms with E-state index in [0.717, 1.165) is 12.1 Å². The van der Waals surface area contributed by atoms with Gasteiger partial charge in [0.25, 0.3) is 0 Å². The molecule has 1 rings (SSSR count). The lowest BCUT2D eigenvalue weighted by Gasteiger charge is -2.20. The summed E-state index contributed by atoms with van der Waals surface area (Å²) in [5.74, 6) is 6.09. The van der Waals surface area contributed by atoms with Gasteiger partial charge in [0.05, 0.1) is 0 Å². The van der Waals surface area contributed by atoms with Crippen LogP contribution in [-0.2, 0) is 6.42 Å². The van der Waals surface area contributed by atoms with Gasteiger partial charge in [-0.25, -0.2) is 0 Å². The first kappa shape index (κ1) is 13.8. The number of carbonyl (C=O) groups excluding carboxylic acids is 1. The van der Waals surface area contributed by atoms with Crippen LogP contribution in [0.4, 0.5) is 0 Å². The first-order chi connectivity index (χ1) is 7.52. The largest absolute Gasteiger partial charge is 0.339 e. The van der Waals surface area contributed by atoms with Crippen LogP contribution in [0.5, 0.6) is 0 Å². The Morgan fingerprint density at radius 1 is 1.18 bits per heavy atom. The summed E-state index contributed by atoms with van der Waals surface area (Å²) in [5, 5.41) is 0. The molecule has 0 spiro atoms. The van der Waals surface area contributed by atoms with Crippen LogP contribution < -0.4 is 5.84 Å². The van der Waals surface area contributed by atoms with Gasteiger partial charge in [0.15, 0.2) is 5.78 Å². The van der Waals surface area contributed by atoms with E-state index in [9.17, 15) is 4.79 Å². The van der Waals surface area contributed by atoms with Gasteiger partial charge in [0.2, 0.25) is 0 Å². The van der Waals surface area contributed by atoms with Crippen molar-refractivity contribution in [2.75, 3.05) is 5.84 Å². The average Bonchev–Trinajstić information content (AvgIpc) is 2.43. The van der Waals surface area contributed by atoms with Crippen LogP contribution in [-0.4, -0.2) is 10.5 Å². The lowest BCUT2D eigenvalue weighted by molar-refractivity contribution is 0.0850. The molecule has 0 aliphatic carbocycles. The summed E-state index contributed by atoms with van der Waals surface area (Å²) >= 11 is 0. The standard InChI is InChI=1S/C14H24N2O/c1-13(2,3)9-10-7-8-11(16(10)15)12(17)14(4,5)6/h7-8H,9,15H2,1-6H3. The highest BCUT2D eigenvalue weighted by atomic mass is 16.1. The summed E-state index contributed by atoms with van der Waals surface area (Å²) in [6.07, 6.45) is 0.862. The lowest BCUT2D eigenvalue weighted by atomic mass is 9.89. The molecular weight excluding hydrogens is 212 g/mol. The van der Waals surface area contributed by atoms with Crippen molar-refractivity contribution >= 4 is 5.78 Å². The van der Waals surface area contributed by atoms with Crippen LogP contribution in [0, 0.1) is 10.8 Å². The normalized spacial score (nSPS) is 12.8. The first-order valence-corrected chi connectivity index (χ1v) is 6.03. The summed E-state index contributed by atoms with van der Waals surface area (Å²) in [6, 6.07) is 3.78. The zero-order chi connectivity index (χ0) is 13.4. The van der Waals surface area contributed by atoms with E-state index in [1.165, 1.54) is 0 Å². The number of nitrogens with two attached hydrogens (primary N) is 1. The van der Waals surface area contributed by atoms with Gasteiger partial charge in [-0.3, -0.25) is 9.47 Å². The number of Topliss-reactive ketones (excluding diaryl/α,β-unsaturated/α-hetero) is 1. The van der Waals surface area contributed by atoms with Gasteiger partial charge in [-0.15, -0.1) is 0 Å². The molecule has 0 aliphatic rings. The Kier molecular flexibility index (Phi) is 3.42. The maximum atomic E-state index is 12.2. The van der Waals surface area contributed by atoms with E-state index in [-0.39, 0.29) is 11.2 Å². The maximum Gasteiger partial charge on any atom is 0.186 e. The van der Waals surface area contributed by atoms with Crippen LogP contribution in [0.3, 0.4) is 0 Å². The second kappa shape index (κ2) is 4.21. The molecule has 0 atom stereocenters. The molecule has 3 heteroatoms. The van der Waals surface area contributed by atoms with Crippen molar-refractivity contribution in [3.8, 4) is 0 Å². The van der Waals surface area contributed by atoms with E-state index in [2.05, 4.69) is 20.8 Å². The molecular formula is C14H24N2O. The number of nitrogen functional groups attached to an aromatic ring is 1. The Balaban J connectivity index is 3.04. The van der Waals surface area contributed by atoms with Crippen molar-refractivity contribution in [2.45, 2.75) is 48.0 Å². The highest BCUT2D eigenvalue weighted by molar-refractivity contribution is 5.98. The van der Waals surface area contributed by atoms with Crippen LogP contribution in [0.25, 0.3) is 0 Å². The molecule has 0 saturated carbocycles.